The summed E-state index contributed by atoms with van der Waals surface area (Å²) in [5.41, 5.74) is 0.214. The number of hydrogen-bond acceptors (Lipinski definition) is 5. The predicted molar refractivity (Wildman–Crippen MR) is 72.1 cm³/mol. The summed E-state index contributed by atoms with van der Waals surface area (Å²) in [5, 5.41) is 13.5. The van der Waals surface area contributed by atoms with Gasteiger partial charge < -0.3 is 10.1 Å². The number of methoxy groups -OCH3 is 1. The van der Waals surface area contributed by atoms with E-state index in [0.717, 1.165) is 6.07 Å². The molecule has 1 aromatic carbocycles. The van der Waals surface area contributed by atoms with Crippen LogP contribution in [0.15, 0.2) is 30.3 Å². The Balaban J connectivity index is 2.37. The zero-order chi connectivity index (χ0) is 14.7. The molecular weight excluding hydrogens is 289 g/mol. The van der Waals surface area contributed by atoms with Gasteiger partial charge in [-0.1, -0.05) is 11.6 Å². The summed E-state index contributed by atoms with van der Waals surface area (Å²) in [7, 11) is 1.38. The van der Waals surface area contributed by atoms with Gasteiger partial charge in [0.25, 0.3) is 5.69 Å². The van der Waals surface area contributed by atoms with Gasteiger partial charge in [-0.25, -0.2) is 9.37 Å². The first kappa shape index (κ1) is 14.0. The lowest BCUT2D eigenvalue weighted by atomic mass is 10.2. The van der Waals surface area contributed by atoms with Gasteiger partial charge in [0.05, 0.1) is 29.9 Å². The predicted octanol–water partition coefficient (Wildman–Crippen LogP) is 3.53. The molecule has 0 aliphatic heterocycles. The van der Waals surface area contributed by atoms with Crippen molar-refractivity contribution in [2.45, 2.75) is 0 Å². The highest BCUT2D eigenvalue weighted by Crippen LogP contribution is 2.29. The number of nitro groups is 1. The van der Waals surface area contributed by atoms with Gasteiger partial charge in [0, 0.05) is 6.07 Å². The Labute approximate surface area is 118 Å². The minimum Gasteiger partial charge on any atom is -0.494 e. The monoisotopic (exact) mass is 297 g/mol. The first-order valence-electron chi connectivity index (χ1n) is 5.42. The average Bonchev–Trinajstić information content (AvgIpc) is 2.40. The standard InChI is InChI=1S/C12H9ClFN3O3/c1-20-10-4-7(14)2-3-9(10)15-12-6-8(17(18)19)5-11(13)16-12/h2-6H,1H3,(H,15,16). The van der Waals surface area contributed by atoms with Crippen LogP contribution in [0.1, 0.15) is 0 Å². The number of pyridine rings is 1. The Morgan fingerprint density at radius 1 is 1.40 bits per heavy atom. The molecule has 0 saturated heterocycles. The first-order valence-corrected chi connectivity index (χ1v) is 5.80. The van der Waals surface area contributed by atoms with Gasteiger partial charge in [-0.2, -0.15) is 0 Å². The minimum absolute atomic E-state index is 0.0252. The average molecular weight is 298 g/mol. The maximum Gasteiger partial charge on any atom is 0.276 e. The number of halogens is 2. The number of aromatic nitrogens is 1. The quantitative estimate of drug-likeness (QED) is 0.530. The van der Waals surface area contributed by atoms with Gasteiger partial charge in [0.15, 0.2) is 0 Å². The Morgan fingerprint density at radius 3 is 2.80 bits per heavy atom. The van der Waals surface area contributed by atoms with Crippen molar-refractivity contribution in [2.75, 3.05) is 12.4 Å². The van der Waals surface area contributed by atoms with Gasteiger partial charge >= 0.3 is 0 Å². The van der Waals surface area contributed by atoms with Crippen LogP contribution < -0.4 is 10.1 Å². The molecule has 20 heavy (non-hydrogen) atoms. The molecule has 1 heterocycles. The number of ether oxygens (including phenoxy) is 1. The SMILES string of the molecule is COc1cc(F)ccc1Nc1cc([N+](=O)[O-])cc(Cl)n1. The largest absolute Gasteiger partial charge is 0.494 e. The molecule has 1 N–H and O–H groups in total. The fraction of sp³-hybridized carbons (Fsp3) is 0.0833. The van der Waals surface area contributed by atoms with E-state index in [0.29, 0.717) is 5.69 Å². The van der Waals surface area contributed by atoms with Crippen LogP contribution in [0.3, 0.4) is 0 Å². The summed E-state index contributed by atoms with van der Waals surface area (Å²) in [6.07, 6.45) is 0. The van der Waals surface area contributed by atoms with E-state index in [1.54, 1.807) is 0 Å². The molecule has 0 aliphatic carbocycles. The minimum atomic E-state index is -0.583. The third kappa shape index (κ3) is 3.12. The molecule has 6 nitrogen and oxygen atoms in total. The highest BCUT2D eigenvalue weighted by atomic mass is 35.5. The smallest absolute Gasteiger partial charge is 0.276 e. The van der Waals surface area contributed by atoms with E-state index >= 15 is 0 Å². The molecule has 0 spiro atoms. The van der Waals surface area contributed by atoms with Crippen LogP contribution in [-0.4, -0.2) is 17.0 Å². The van der Waals surface area contributed by atoms with Crippen molar-refractivity contribution >= 4 is 28.8 Å². The van der Waals surface area contributed by atoms with Gasteiger partial charge in [-0.3, -0.25) is 10.1 Å². The van der Waals surface area contributed by atoms with Crippen LogP contribution in [0.2, 0.25) is 5.15 Å². The molecule has 104 valence electrons. The van der Waals surface area contributed by atoms with Crippen LogP contribution >= 0.6 is 11.6 Å². The van der Waals surface area contributed by atoms with Gasteiger partial charge in [-0.15, -0.1) is 0 Å². The van der Waals surface area contributed by atoms with Crippen molar-refractivity contribution in [1.29, 1.82) is 0 Å². The van der Waals surface area contributed by atoms with Crippen LogP contribution in [0.4, 0.5) is 21.6 Å². The highest BCUT2D eigenvalue weighted by Gasteiger charge is 2.12. The molecular formula is C12H9ClFN3O3. The van der Waals surface area contributed by atoms with Crippen molar-refractivity contribution in [3.05, 3.63) is 51.4 Å². The summed E-state index contributed by atoms with van der Waals surface area (Å²) in [6.45, 7) is 0. The summed E-state index contributed by atoms with van der Waals surface area (Å²) in [5.74, 6) is -0.0547. The third-order valence-electron chi connectivity index (χ3n) is 2.42. The molecule has 0 bridgehead atoms. The second kappa shape index (κ2) is 5.70. The molecule has 0 fully saturated rings. The fourth-order valence-electron chi connectivity index (χ4n) is 1.56. The third-order valence-corrected chi connectivity index (χ3v) is 2.61. The second-order valence-electron chi connectivity index (χ2n) is 3.76. The highest BCUT2D eigenvalue weighted by molar-refractivity contribution is 6.29. The summed E-state index contributed by atoms with van der Waals surface area (Å²) in [6, 6.07) is 6.19. The van der Waals surface area contributed by atoms with Crippen LogP contribution in [0, 0.1) is 15.9 Å². The van der Waals surface area contributed by atoms with E-state index in [1.807, 2.05) is 0 Å². The van der Waals surface area contributed by atoms with E-state index in [4.69, 9.17) is 16.3 Å². The molecule has 0 radical (unpaired) electrons. The molecule has 0 atom stereocenters. The maximum atomic E-state index is 13.1. The topological polar surface area (TPSA) is 77.3 Å². The van der Waals surface area contributed by atoms with Gasteiger partial charge in [0.2, 0.25) is 0 Å². The van der Waals surface area contributed by atoms with Crippen molar-refractivity contribution in [2.24, 2.45) is 0 Å². The molecule has 8 heteroatoms. The normalized spacial score (nSPS) is 10.2. The zero-order valence-corrected chi connectivity index (χ0v) is 11.0. The molecule has 1 aromatic heterocycles. The number of anilines is 2. The number of hydrogen-bond donors (Lipinski definition) is 1. The molecule has 2 aromatic rings. The van der Waals surface area contributed by atoms with Crippen molar-refractivity contribution in [1.82, 2.24) is 4.98 Å². The van der Waals surface area contributed by atoms with Crippen LogP contribution in [-0.2, 0) is 0 Å². The van der Waals surface area contributed by atoms with Gasteiger partial charge in [0.1, 0.15) is 22.5 Å². The van der Waals surface area contributed by atoms with Crippen molar-refractivity contribution in [3.63, 3.8) is 0 Å². The summed E-state index contributed by atoms with van der Waals surface area (Å²) < 4.78 is 18.1. The molecule has 2 rings (SSSR count). The summed E-state index contributed by atoms with van der Waals surface area (Å²) in [4.78, 5) is 14.1. The zero-order valence-electron chi connectivity index (χ0n) is 10.3. The Hall–Kier alpha value is -2.41. The second-order valence-corrected chi connectivity index (χ2v) is 4.15. The molecule has 0 amide bonds. The Morgan fingerprint density at radius 2 is 2.15 bits per heavy atom. The molecule has 0 unspecified atom stereocenters. The Bertz CT molecular complexity index is 666. The lowest BCUT2D eigenvalue weighted by Crippen LogP contribution is -1.99. The van der Waals surface area contributed by atoms with Crippen molar-refractivity contribution in [3.8, 4) is 5.75 Å². The first-order chi connectivity index (χ1) is 9.49. The lowest BCUT2D eigenvalue weighted by molar-refractivity contribution is -0.384. The summed E-state index contributed by atoms with van der Waals surface area (Å²) >= 11 is 5.71. The van der Waals surface area contributed by atoms with Crippen molar-refractivity contribution < 1.29 is 14.1 Å². The fourth-order valence-corrected chi connectivity index (χ4v) is 1.76. The molecule has 0 saturated carbocycles. The van der Waals surface area contributed by atoms with Crippen LogP contribution in [0.25, 0.3) is 0 Å². The number of rotatable bonds is 4. The lowest BCUT2D eigenvalue weighted by Gasteiger charge is -2.10. The number of nitrogens with one attached hydrogen (secondary N) is 1. The van der Waals surface area contributed by atoms with E-state index < -0.39 is 10.7 Å². The molecule has 0 aliphatic rings. The maximum absolute atomic E-state index is 13.1. The van der Waals surface area contributed by atoms with E-state index in [9.17, 15) is 14.5 Å². The van der Waals surface area contributed by atoms with E-state index in [-0.39, 0.29) is 22.4 Å². The van der Waals surface area contributed by atoms with E-state index in [2.05, 4.69) is 10.3 Å². The van der Waals surface area contributed by atoms with Crippen LogP contribution in [0.5, 0.6) is 5.75 Å². The number of nitrogens with zero attached hydrogens (tertiary/aromatic N) is 2. The number of benzene rings is 1. The van der Waals surface area contributed by atoms with E-state index in [1.165, 1.54) is 31.4 Å². The van der Waals surface area contributed by atoms with Gasteiger partial charge in [-0.05, 0) is 12.1 Å². The Kier molecular flexibility index (Phi) is 3.99.